The number of fused-ring (bicyclic) bond motifs is 3. The summed E-state index contributed by atoms with van der Waals surface area (Å²) in [6, 6.07) is 7.30. The SMILES string of the molecule is CCCCCC.N#Cc1ccc2ncc3[nH]c(CC(N)=O)nc3c2c1. The molecule has 0 bridgehead atoms. The minimum Gasteiger partial charge on any atom is -0.369 e. The second-order valence-electron chi connectivity index (χ2n) is 5.90. The summed E-state index contributed by atoms with van der Waals surface area (Å²) < 4.78 is 0. The molecule has 0 saturated carbocycles. The van der Waals surface area contributed by atoms with Crippen LogP contribution in [0, 0.1) is 11.3 Å². The summed E-state index contributed by atoms with van der Waals surface area (Å²) in [6.07, 6.45) is 7.24. The third-order valence-corrected chi connectivity index (χ3v) is 3.79. The van der Waals surface area contributed by atoms with Crippen molar-refractivity contribution in [3.8, 4) is 6.07 Å². The van der Waals surface area contributed by atoms with Crippen molar-refractivity contribution in [3.63, 3.8) is 0 Å². The van der Waals surface area contributed by atoms with Crippen LogP contribution in [0.2, 0.25) is 0 Å². The standard InChI is InChI=1S/C13H9N5O.C6H14/c14-5-7-1-2-9-8(3-7)13-10(6-16-9)17-12(18-13)4-11(15)19;1-3-5-6-4-2/h1-3,6H,4H2,(H2,15,19)(H,17,18);3-6H2,1-2H3. The van der Waals surface area contributed by atoms with Gasteiger partial charge in [0.1, 0.15) is 5.82 Å². The number of carbonyl (C=O) groups excluding carboxylic acids is 1. The van der Waals surface area contributed by atoms with Crippen molar-refractivity contribution < 1.29 is 4.79 Å². The number of hydrogen-bond acceptors (Lipinski definition) is 4. The Morgan fingerprint density at radius 1 is 1.28 bits per heavy atom. The van der Waals surface area contributed by atoms with Gasteiger partial charge in [-0.25, -0.2) is 4.98 Å². The predicted molar refractivity (Wildman–Crippen MR) is 98.8 cm³/mol. The summed E-state index contributed by atoms with van der Waals surface area (Å²) in [5, 5.41) is 9.71. The van der Waals surface area contributed by atoms with Gasteiger partial charge < -0.3 is 10.7 Å². The molecule has 1 aromatic carbocycles. The molecule has 0 aliphatic rings. The first-order valence-electron chi connectivity index (χ1n) is 8.54. The molecular formula is C19H23N5O. The largest absolute Gasteiger partial charge is 0.369 e. The molecular weight excluding hydrogens is 314 g/mol. The van der Waals surface area contributed by atoms with E-state index in [0.29, 0.717) is 16.9 Å². The molecule has 25 heavy (non-hydrogen) atoms. The van der Waals surface area contributed by atoms with E-state index in [1.54, 1.807) is 24.4 Å². The summed E-state index contributed by atoms with van der Waals surface area (Å²) in [5.74, 6) is 0.0493. The number of hydrogen-bond donors (Lipinski definition) is 2. The Kier molecular flexibility index (Phi) is 6.47. The molecule has 0 unspecified atom stereocenters. The van der Waals surface area contributed by atoms with E-state index in [1.165, 1.54) is 25.7 Å². The summed E-state index contributed by atoms with van der Waals surface area (Å²) in [5.41, 5.74) is 7.86. The van der Waals surface area contributed by atoms with Gasteiger partial charge in [0.15, 0.2) is 0 Å². The zero-order valence-corrected chi connectivity index (χ0v) is 14.7. The Bertz CT molecular complexity index is 903. The number of nitrogens with one attached hydrogen (secondary N) is 1. The lowest BCUT2D eigenvalue weighted by Gasteiger charge is -1.97. The Labute approximate surface area is 147 Å². The van der Waals surface area contributed by atoms with E-state index >= 15 is 0 Å². The second-order valence-corrected chi connectivity index (χ2v) is 5.90. The van der Waals surface area contributed by atoms with Gasteiger partial charge in [-0.3, -0.25) is 9.78 Å². The fraction of sp³-hybridized carbons (Fsp3) is 0.368. The first kappa shape index (κ1) is 18.4. The number of aromatic amines is 1. The molecule has 0 radical (unpaired) electrons. The molecule has 0 atom stereocenters. The molecule has 1 amide bonds. The van der Waals surface area contributed by atoms with Crippen molar-refractivity contribution >= 4 is 27.8 Å². The average Bonchev–Trinajstić information content (AvgIpc) is 3.02. The Morgan fingerprint density at radius 3 is 2.60 bits per heavy atom. The van der Waals surface area contributed by atoms with Crippen LogP contribution in [0.15, 0.2) is 24.4 Å². The molecule has 0 spiro atoms. The molecule has 2 aromatic heterocycles. The van der Waals surface area contributed by atoms with Gasteiger partial charge in [-0.2, -0.15) is 5.26 Å². The number of primary amides is 1. The van der Waals surface area contributed by atoms with Crippen LogP contribution in [0.5, 0.6) is 0 Å². The third kappa shape index (κ3) is 4.77. The van der Waals surface area contributed by atoms with Gasteiger partial charge in [-0.15, -0.1) is 0 Å². The maximum absolute atomic E-state index is 10.9. The van der Waals surface area contributed by atoms with Crippen LogP contribution < -0.4 is 5.73 Å². The molecule has 3 aromatic rings. The zero-order valence-electron chi connectivity index (χ0n) is 14.7. The van der Waals surface area contributed by atoms with E-state index < -0.39 is 5.91 Å². The summed E-state index contributed by atoms with van der Waals surface area (Å²) in [7, 11) is 0. The van der Waals surface area contributed by atoms with Crippen molar-refractivity contribution in [1.29, 1.82) is 5.26 Å². The van der Waals surface area contributed by atoms with E-state index in [1.807, 2.05) is 0 Å². The number of aromatic nitrogens is 3. The van der Waals surface area contributed by atoms with Crippen LogP contribution in [0.1, 0.15) is 50.9 Å². The number of nitriles is 1. The highest BCUT2D eigenvalue weighted by molar-refractivity contribution is 6.02. The fourth-order valence-corrected chi connectivity index (χ4v) is 2.53. The smallest absolute Gasteiger partial charge is 0.225 e. The molecule has 0 aliphatic heterocycles. The lowest BCUT2D eigenvalue weighted by Crippen LogP contribution is -2.14. The van der Waals surface area contributed by atoms with Gasteiger partial charge in [0.2, 0.25) is 5.91 Å². The highest BCUT2D eigenvalue weighted by Crippen LogP contribution is 2.22. The van der Waals surface area contributed by atoms with Crippen LogP contribution in [-0.2, 0) is 11.2 Å². The summed E-state index contributed by atoms with van der Waals surface area (Å²) in [4.78, 5) is 22.5. The zero-order chi connectivity index (χ0) is 18.2. The van der Waals surface area contributed by atoms with E-state index in [-0.39, 0.29) is 6.42 Å². The summed E-state index contributed by atoms with van der Waals surface area (Å²) in [6.45, 7) is 4.46. The second kappa shape index (κ2) is 8.78. The van der Waals surface area contributed by atoms with Gasteiger partial charge in [0.25, 0.3) is 0 Å². The van der Waals surface area contributed by atoms with E-state index in [9.17, 15) is 4.79 Å². The number of pyridine rings is 1. The van der Waals surface area contributed by atoms with Crippen molar-refractivity contribution in [3.05, 3.63) is 35.8 Å². The number of nitrogens with two attached hydrogens (primary N) is 1. The number of benzene rings is 1. The Hall–Kier alpha value is -2.94. The van der Waals surface area contributed by atoms with Crippen molar-refractivity contribution in [2.45, 2.75) is 46.0 Å². The topological polar surface area (TPSA) is 108 Å². The van der Waals surface area contributed by atoms with Gasteiger partial charge in [0, 0.05) is 5.39 Å². The van der Waals surface area contributed by atoms with Crippen LogP contribution in [0.3, 0.4) is 0 Å². The number of carbonyl (C=O) groups is 1. The van der Waals surface area contributed by atoms with Crippen molar-refractivity contribution in [2.75, 3.05) is 0 Å². The molecule has 0 fully saturated rings. The fourth-order valence-electron chi connectivity index (χ4n) is 2.53. The van der Waals surface area contributed by atoms with Crippen LogP contribution in [0.4, 0.5) is 0 Å². The quantitative estimate of drug-likeness (QED) is 0.693. The first-order valence-corrected chi connectivity index (χ1v) is 8.54. The molecule has 2 heterocycles. The van der Waals surface area contributed by atoms with E-state index in [2.05, 4.69) is 34.9 Å². The highest BCUT2D eigenvalue weighted by Gasteiger charge is 2.10. The molecule has 3 N–H and O–H groups in total. The monoisotopic (exact) mass is 337 g/mol. The Morgan fingerprint density at radius 2 is 2.00 bits per heavy atom. The van der Waals surface area contributed by atoms with E-state index in [0.717, 1.165) is 16.4 Å². The molecule has 0 saturated heterocycles. The number of H-pyrrole nitrogens is 1. The minimum atomic E-state index is -0.450. The molecule has 6 nitrogen and oxygen atoms in total. The van der Waals surface area contributed by atoms with Crippen LogP contribution >= 0.6 is 0 Å². The molecule has 0 aliphatic carbocycles. The molecule has 130 valence electrons. The highest BCUT2D eigenvalue weighted by atomic mass is 16.1. The predicted octanol–water partition coefficient (Wildman–Crippen LogP) is 3.60. The average molecular weight is 337 g/mol. The summed E-state index contributed by atoms with van der Waals surface area (Å²) >= 11 is 0. The number of rotatable bonds is 5. The Balaban J connectivity index is 0.000000326. The number of imidazole rings is 1. The molecule has 3 rings (SSSR count). The van der Waals surface area contributed by atoms with Gasteiger partial charge in [-0.1, -0.05) is 39.5 Å². The minimum absolute atomic E-state index is 0.0497. The normalized spacial score (nSPS) is 10.3. The maximum atomic E-state index is 10.9. The van der Waals surface area contributed by atoms with Gasteiger partial charge >= 0.3 is 0 Å². The van der Waals surface area contributed by atoms with Crippen molar-refractivity contribution in [1.82, 2.24) is 15.0 Å². The lowest BCUT2D eigenvalue weighted by atomic mass is 10.1. The van der Waals surface area contributed by atoms with E-state index in [4.69, 9.17) is 11.0 Å². The van der Waals surface area contributed by atoms with Crippen LogP contribution in [-0.4, -0.2) is 20.9 Å². The van der Waals surface area contributed by atoms with Crippen LogP contribution in [0.25, 0.3) is 21.9 Å². The third-order valence-electron chi connectivity index (χ3n) is 3.79. The molecule has 6 heteroatoms. The van der Waals surface area contributed by atoms with Gasteiger partial charge in [-0.05, 0) is 18.2 Å². The first-order chi connectivity index (χ1) is 12.1. The lowest BCUT2D eigenvalue weighted by molar-refractivity contribution is -0.117. The van der Waals surface area contributed by atoms with Gasteiger partial charge in [0.05, 0.1) is 40.8 Å². The number of amides is 1. The number of unbranched alkanes of at least 4 members (excludes halogenated alkanes) is 3. The van der Waals surface area contributed by atoms with Crippen molar-refractivity contribution in [2.24, 2.45) is 5.73 Å². The maximum Gasteiger partial charge on any atom is 0.225 e. The number of nitrogens with zero attached hydrogens (tertiary/aromatic N) is 3.